The molecule has 88 valence electrons. The van der Waals surface area contributed by atoms with Gasteiger partial charge in [-0.25, -0.2) is 4.39 Å². The summed E-state index contributed by atoms with van der Waals surface area (Å²) < 4.78 is 13.3. The summed E-state index contributed by atoms with van der Waals surface area (Å²) in [5, 5.41) is 0. The van der Waals surface area contributed by atoms with Crippen molar-refractivity contribution in [3.05, 3.63) is 47.5 Å². The molecule has 0 aliphatic carbocycles. The molecule has 0 unspecified atom stereocenters. The van der Waals surface area contributed by atoms with Crippen LogP contribution < -0.4 is 0 Å². The smallest absolute Gasteiger partial charge is 0.166 e. The molecular weight excluding hydrogens is 217 g/mol. The minimum atomic E-state index is -0.249. The average molecular weight is 231 g/mol. The van der Waals surface area contributed by atoms with Crippen molar-refractivity contribution >= 4 is 6.29 Å². The predicted molar refractivity (Wildman–Crippen MR) is 65.7 cm³/mol. The number of hydrogen-bond acceptors (Lipinski definition) is 1. The molecule has 0 amide bonds. The predicted octanol–water partition coefficient (Wildman–Crippen LogP) is 3.76. The maximum atomic E-state index is 13.3. The van der Waals surface area contributed by atoms with E-state index in [1.807, 2.05) is 19.9 Å². The van der Waals surface area contributed by atoms with E-state index in [9.17, 15) is 9.18 Å². The molecule has 17 heavy (non-hydrogen) atoms. The second-order valence-electron chi connectivity index (χ2n) is 4.31. The highest BCUT2D eigenvalue weighted by atomic mass is 19.1. The van der Waals surface area contributed by atoms with E-state index >= 15 is 0 Å². The van der Waals surface area contributed by atoms with E-state index in [2.05, 4.69) is 4.98 Å². The van der Waals surface area contributed by atoms with Crippen molar-refractivity contribution in [1.82, 2.24) is 4.98 Å². The van der Waals surface area contributed by atoms with E-state index in [4.69, 9.17) is 0 Å². The molecule has 0 bridgehead atoms. The first-order valence-electron chi connectivity index (χ1n) is 5.56. The first-order chi connectivity index (χ1) is 8.13. The quantitative estimate of drug-likeness (QED) is 0.801. The Bertz CT molecular complexity index is 543. The molecule has 2 aromatic rings. The zero-order chi connectivity index (χ0) is 12.4. The van der Waals surface area contributed by atoms with Gasteiger partial charge in [0.05, 0.1) is 5.69 Å². The molecule has 0 aliphatic rings. The average Bonchev–Trinajstić information content (AvgIpc) is 2.76. The number of hydrogen-bond donors (Lipinski definition) is 1. The molecule has 0 spiro atoms. The molecule has 0 saturated heterocycles. The van der Waals surface area contributed by atoms with E-state index in [-0.39, 0.29) is 11.7 Å². The Kier molecular flexibility index (Phi) is 3.09. The van der Waals surface area contributed by atoms with Crippen LogP contribution >= 0.6 is 0 Å². The fourth-order valence-electron chi connectivity index (χ4n) is 1.97. The van der Waals surface area contributed by atoms with Crippen LogP contribution in [-0.2, 0) is 0 Å². The second-order valence-corrected chi connectivity index (χ2v) is 4.31. The van der Waals surface area contributed by atoms with Crippen molar-refractivity contribution in [3.63, 3.8) is 0 Å². The molecule has 2 nitrogen and oxygen atoms in total. The van der Waals surface area contributed by atoms with Crippen molar-refractivity contribution in [2.45, 2.75) is 19.8 Å². The normalized spacial score (nSPS) is 10.8. The third-order valence-electron chi connectivity index (χ3n) is 2.82. The molecule has 3 heteroatoms. The highest BCUT2D eigenvalue weighted by Gasteiger charge is 2.13. The Balaban J connectivity index is 2.63. The summed E-state index contributed by atoms with van der Waals surface area (Å²) in [6.07, 6.45) is 2.50. The third-order valence-corrected chi connectivity index (χ3v) is 2.82. The van der Waals surface area contributed by atoms with Crippen LogP contribution in [0.4, 0.5) is 4.39 Å². The lowest BCUT2D eigenvalue weighted by Crippen LogP contribution is -1.95. The number of nitrogens with one attached hydrogen (secondary N) is 1. The number of carbonyl (C=O) groups excluding carboxylic acids is 1. The first kappa shape index (κ1) is 11.6. The van der Waals surface area contributed by atoms with E-state index in [1.165, 1.54) is 12.1 Å². The van der Waals surface area contributed by atoms with Gasteiger partial charge in [-0.15, -0.1) is 0 Å². The van der Waals surface area contributed by atoms with Crippen LogP contribution in [0.3, 0.4) is 0 Å². The Morgan fingerprint density at radius 3 is 2.65 bits per heavy atom. The Hall–Kier alpha value is -1.90. The summed E-state index contributed by atoms with van der Waals surface area (Å²) in [5.41, 5.74) is 3.17. The topological polar surface area (TPSA) is 32.9 Å². The van der Waals surface area contributed by atoms with Gasteiger partial charge in [-0.1, -0.05) is 19.9 Å². The molecule has 2 rings (SSSR count). The minimum absolute atomic E-state index is 0.204. The maximum Gasteiger partial charge on any atom is 0.166 e. The SMILES string of the molecule is CC(C)c1cc(F)ccc1-c1cc[nH]c1C=O. The van der Waals surface area contributed by atoms with Gasteiger partial charge in [0.25, 0.3) is 0 Å². The molecule has 1 N–H and O–H groups in total. The highest BCUT2D eigenvalue weighted by Crippen LogP contribution is 2.31. The number of halogens is 1. The zero-order valence-electron chi connectivity index (χ0n) is 9.83. The molecule has 0 saturated carbocycles. The summed E-state index contributed by atoms with van der Waals surface area (Å²) >= 11 is 0. The number of aldehydes is 1. The van der Waals surface area contributed by atoms with Crippen LogP contribution in [0.5, 0.6) is 0 Å². The van der Waals surface area contributed by atoms with Crippen LogP contribution in [0.1, 0.15) is 35.8 Å². The van der Waals surface area contributed by atoms with Gasteiger partial charge < -0.3 is 4.98 Å². The van der Waals surface area contributed by atoms with Crippen molar-refractivity contribution in [3.8, 4) is 11.1 Å². The van der Waals surface area contributed by atoms with Gasteiger partial charge >= 0.3 is 0 Å². The summed E-state index contributed by atoms with van der Waals surface area (Å²) in [7, 11) is 0. The fourth-order valence-corrected chi connectivity index (χ4v) is 1.97. The lowest BCUT2D eigenvalue weighted by atomic mass is 9.92. The second kappa shape index (κ2) is 4.53. The van der Waals surface area contributed by atoms with Gasteiger partial charge in [-0.3, -0.25) is 4.79 Å². The molecule has 0 radical (unpaired) electrons. The van der Waals surface area contributed by atoms with Crippen LogP contribution in [0.2, 0.25) is 0 Å². The summed E-state index contributed by atoms with van der Waals surface area (Å²) in [6.45, 7) is 4.01. The van der Waals surface area contributed by atoms with Crippen molar-refractivity contribution in [1.29, 1.82) is 0 Å². The molecule has 1 aromatic carbocycles. The number of carbonyl (C=O) groups is 1. The van der Waals surface area contributed by atoms with Gasteiger partial charge in [-0.05, 0) is 35.2 Å². The Morgan fingerprint density at radius 2 is 2.00 bits per heavy atom. The number of aromatic nitrogens is 1. The monoisotopic (exact) mass is 231 g/mol. The summed E-state index contributed by atoms with van der Waals surface area (Å²) in [6, 6.07) is 6.51. The third kappa shape index (κ3) is 2.13. The highest BCUT2D eigenvalue weighted by molar-refractivity contribution is 5.86. The van der Waals surface area contributed by atoms with Crippen LogP contribution in [0, 0.1) is 5.82 Å². The number of rotatable bonds is 3. The minimum Gasteiger partial charge on any atom is -0.359 e. The molecule has 0 atom stereocenters. The fraction of sp³-hybridized carbons (Fsp3) is 0.214. The molecule has 1 heterocycles. The van der Waals surface area contributed by atoms with Gasteiger partial charge in [0, 0.05) is 11.8 Å². The molecule has 0 fully saturated rings. The number of aromatic amines is 1. The van der Waals surface area contributed by atoms with Crippen LogP contribution in [-0.4, -0.2) is 11.3 Å². The van der Waals surface area contributed by atoms with Gasteiger partial charge in [0.2, 0.25) is 0 Å². The van der Waals surface area contributed by atoms with Crippen molar-refractivity contribution in [2.75, 3.05) is 0 Å². The first-order valence-corrected chi connectivity index (χ1v) is 5.56. The maximum absolute atomic E-state index is 13.3. The van der Waals surface area contributed by atoms with Gasteiger partial charge in [0.1, 0.15) is 5.82 Å². The Morgan fingerprint density at radius 1 is 1.24 bits per heavy atom. The van der Waals surface area contributed by atoms with Crippen LogP contribution in [0.25, 0.3) is 11.1 Å². The van der Waals surface area contributed by atoms with E-state index in [1.54, 1.807) is 12.3 Å². The van der Waals surface area contributed by atoms with E-state index < -0.39 is 0 Å². The lowest BCUT2D eigenvalue weighted by Gasteiger charge is -2.12. The molecule has 0 aliphatic heterocycles. The van der Waals surface area contributed by atoms with Crippen molar-refractivity contribution < 1.29 is 9.18 Å². The standard InChI is InChI=1S/C14H14FNO/c1-9(2)13-7-10(15)3-4-11(13)12-5-6-16-14(12)8-17/h3-9,16H,1-2H3. The summed E-state index contributed by atoms with van der Waals surface area (Å²) in [4.78, 5) is 13.8. The Labute approximate surface area is 99.5 Å². The summed E-state index contributed by atoms with van der Waals surface area (Å²) in [5.74, 6) is -0.0456. The number of H-pyrrole nitrogens is 1. The molecular formula is C14H14FNO. The molecule has 1 aromatic heterocycles. The van der Waals surface area contributed by atoms with Crippen LogP contribution in [0.15, 0.2) is 30.5 Å². The van der Waals surface area contributed by atoms with E-state index in [0.717, 1.165) is 23.0 Å². The van der Waals surface area contributed by atoms with E-state index in [0.29, 0.717) is 5.69 Å². The zero-order valence-corrected chi connectivity index (χ0v) is 9.83. The van der Waals surface area contributed by atoms with Gasteiger partial charge in [-0.2, -0.15) is 0 Å². The van der Waals surface area contributed by atoms with Gasteiger partial charge in [0.15, 0.2) is 6.29 Å². The van der Waals surface area contributed by atoms with Crippen molar-refractivity contribution in [2.24, 2.45) is 0 Å². The largest absolute Gasteiger partial charge is 0.359 e. The number of benzene rings is 1. The lowest BCUT2D eigenvalue weighted by molar-refractivity contribution is 0.112.